The molecule has 1 rings (SSSR count). The molecule has 0 amide bonds. The minimum Gasteiger partial charge on any atom is -0.508 e. The van der Waals surface area contributed by atoms with E-state index < -0.39 is 0 Å². The van der Waals surface area contributed by atoms with E-state index in [-0.39, 0.29) is 0 Å². The van der Waals surface area contributed by atoms with Crippen LogP contribution in [0.4, 0.5) is 0 Å². The monoisotopic (exact) mass is 195 g/mol. The maximum absolute atomic E-state index is 9.58. The predicted octanol–water partition coefficient (Wildman–Crippen LogP) is 1.97. The van der Waals surface area contributed by atoms with Crippen molar-refractivity contribution in [3.63, 3.8) is 0 Å². The average Bonchev–Trinajstić information content (AvgIpc) is 2.14. The molecule has 0 atom stereocenters. The van der Waals surface area contributed by atoms with Gasteiger partial charge in [-0.05, 0) is 49.1 Å². The Hall–Kier alpha value is -1.06. The number of aryl methyl sites for hydroxylation is 1. The molecular weight excluding hydrogens is 178 g/mol. The Morgan fingerprint density at radius 1 is 1.29 bits per heavy atom. The zero-order chi connectivity index (χ0) is 10.7. The van der Waals surface area contributed by atoms with Gasteiger partial charge in [0.25, 0.3) is 0 Å². The molecule has 1 aromatic carbocycles. The number of phenols is 1. The van der Waals surface area contributed by atoms with Crippen LogP contribution in [0.15, 0.2) is 6.07 Å². The number of hydroxylamine groups is 1. The summed E-state index contributed by atoms with van der Waals surface area (Å²) >= 11 is 0. The molecule has 78 valence electrons. The molecule has 0 fully saturated rings. The number of benzene rings is 1. The predicted molar refractivity (Wildman–Crippen MR) is 56.2 cm³/mol. The first kappa shape index (κ1) is 11.0. The second-order valence-electron chi connectivity index (χ2n) is 3.47. The van der Waals surface area contributed by atoms with Gasteiger partial charge >= 0.3 is 0 Å². The molecule has 0 bridgehead atoms. The summed E-state index contributed by atoms with van der Waals surface area (Å²) in [5.74, 6) is 0.362. The molecule has 0 unspecified atom stereocenters. The number of nitrogens with one attached hydrogen (secondary N) is 1. The summed E-state index contributed by atoms with van der Waals surface area (Å²) in [4.78, 5) is 4.81. The number of hydrogen-bond acceptors (Lipinski definition) is 3. The van der Waals surface area contributed by atoms with Gasteiger partial charge in [0, 0.05) is 6.54 Å². The van der Waals surface area contributed by atoms with Gasteiger partial charge in [-0.15, -0.1) is 0 Å². The van der Waals surface area contributed by atoms with E-state index in [2.05, 4.69) is 5.48 Å². The first-order chi connectivity index (χ1) is 6.57. The second-order valence-corrected chi connectivity index (χ2v) is 3.47. The first-order valence-corrected chi connectivity index (χ1v) is 4.62. The molecule has 0 heterocycles. The van der Waals surface area contributed by atoms with Crippen LogP contribution in [0.1, 0.15) is 22.3 Å². The molecular formula is C11H17NO2. The van der Waals surface area contributed by atoms with Gasteiger partial charge in [-0.1, -0.05) is 0 Å². The topological polar surface area (TPSA) is 41.5 Å². The van der Waals surface area contributed by atoms with Gasteiger partial charge in [-0.2, -0.15) is 5.48 Å². The van der Waals surface area contributed by atoms with Crippen LogP contribution in [0.2, 0.25) is 0 Å². The first-order valence-electron chi connectivity index (χ1n) is 4.62. The van der Waals surface area contributed by atoms with Crippen LogP contribution in [-0.2, 0) is 11.4 Å². The lowest BCUT2D eigenvalue weighted by atomic mass is 9.97. The fourth-order valence-corrected chi connectivity index (χ4v) is 1.53. The van der Waals surface area contributed by atoms with Gasteiger partial charge in [0.2, 0.25) is 0 Å². The largest absolute Gasteiger partial charge is 0.508 e. The van der Waals surface area contributed by atoms with Crippen molar-refractivity contribution in [1.29, 1.82) is 0 Å². The van der Waals surface area contributed by atoms with Crippen molar-refractivity contribution in [2.75, 3.05) is 7.11 Å². The SMILES string of the molecule is CONCc1c(C)cc(O)c(C)c1C. The third-order valence-electron chi connectivity index (χ3n) is 2.62. The molecule has 0 aliphatic carbocycles. The molecule has 0 saturated carbocycles. The molecule has 14 heavy (non-hydrogen) atoms. The lowest BCUT2D eigenvalue weighted by molar-refractivity contribution is 0.0864. The van der Waals surface area contributed by atoms with E-state index >= 15 is 0 Å². The lowest BCUT2D eigenvalue weighted by Crippen LogP contribution is -2.13. The Morgan fingerprint density at radius 2 is 1.93 bits per heavy atom. The molecule has 0 aliphatic rings. The van der Waals surface area contributed by atoms with Crippen molar-refractivity contribution >= 4 is 0 Å². The van der Waals surface area contributed by atoms with Gasteiger partial charge in [-0.25, -0.2) is 0 Å². The van der Waals surface area contributed by atoms with E-state index in [1.54, 1.807) is 13.2 Å². The van der Waals surface area contributed by atoms with Crippen LogP contribution in [0, 0.1) is 20.8 Å². The normalized spacial score (nSPS) is 10.6. The van der Waals surface area contributed by atoms with Crippen molar-refractivity contribution in [1.82, 2.24) is 5.48 Å². The highest BCUT2D eigenvalue weighted by molar-refractivity contribution is 5.47. The van der Waals surface area contributed by atoms with Crippen molar-refractivity contribution in [2.45, 2.75) is 27.3 Å². The number of aromatic hydroxyl groups is 1. The standard InChI is InChI=1S/C11H17NO2/c1-7-5-11(13)9(3)8(2)10(7)6-12-14-4/h5,12-13H,6H2,1-4H3. The molecule has 3 nitrogen and oxygen atoms in total. The van der Waals surface area contributed by atoms with Gasteiger partial charge in [0.1, 0.15) is 5.75 Å². The van der Waals surface area contributed by atoms with Crippen molar-refractivity contribution in [3.05, 3.63) is 28.3 Å². The summed E-state index contributed by atoms with van der Waals surface area (Å²) in [7, 11) is 1.60. The minimum atomic E-state index is 0.362. The zero-order valence-electron chi connectivity index (χ0n) is 9.14. The molecule has 2 N–H and O–H groups in total. The van der Waals surface area contributed by atoms with Crippen molar-refractivity contribution in [2.24, 2.45) is 0 Å². The van der Waals surface area contributed by atoms with Crippen LogP contribution < -0.4 is 5.48 Å². The van der Waals surface area contributed by atoms with E-state index in [0.717, 1.165) is 16.7 Å². The maximum atomic E-state index is 9.58. The van der Waals surface area contributed by atoms with Gasteiger partial charge < -0.3 is 9.94 Å². The Balaban J connectivity index is 3.09. The quantitative estimate of drug-likeness (QED) is 0.724. The molecule has 1 aromatic rings. The summed E-state index contributed by atoms with van der Waals surface area (Å²) in [6.07, 6.45) is 0. The Bertz CT molecular complexity index is 335. The molecule has 0 spiro atoms. The Labute approximate surface area is 84.7 Å². The van der Waals surface area contributed by atoms with Gasteiger partial charge in [0.05, 0.1) is 7.11 Å². The Morgan fingerprint density at radius 3 is 2.50 bits per heavy atom. The average molecular weight is 195 g/mol. The van der Waals surface area contributed by atoms with Crippen LogP contribution >= 0.6 is 0 Å². The number of hydrogen-bond donors (Lipinski definition) is 2. The highest BCUT2D eigenvalue weighted by Crippen LogP contribution is 2.26. The smallest absolute Gasteiger partial charge is 0.119 e. The summed E-state index contributed by atoms with van der Waals surface area (Å²) in [5.41, 5.74) is 7.12. The zero-order valence-corrected chi connectivity index (χ0v) is 9.14. The number of phenolic OH excluding ortho intramolecular Hbond substituents is 1. The fourth-order valence-electron chi connectivity index (χ4n) is 1.53. The fraction of sp³-hybridized carbons (Fsp3) is 0.455. The number of rotatable bonds is 3. The highest BCUT2D eigenvalue weighted by Gasteiger charge is 2.08. The van der Waals surface area contributed by atoms with Crippen LogP contribution in [0.3, 0.4) is 0 Å². The summed E-state index contributed by atoms with van der Waals surface area (Å²) in [6, 6.07) is 1.79. The van der Waals surface area contributed by atoms with Gasteiger partial charge in [-0.3, -0.25) is 0 Å². The lowest BCUT2D eigenvalue weighted by Gasteiger charge is -2.13. The minimum absolute atomic E-state index is 0.362. The van der Waals surface area contributed by atoms with E-state index in [1.807, 2.05) is 20.8 Å². The Kier molecular flexibility index (Phi) is 3.49. The van der Waals surface area contributed by atoms with Crippen molar-refractivity contribution in [3.8, 4) is 5.75 Å². The molecule has 0 saturated heterocycles. The molecule has 0 aliphatic heterocycles. The molecule has 0 aromatic heterocycles. The van der Waals surface area contributed by atoms with E-state index in [4.69, 9.17) is 4.84 Å². The highest BCUT2D eigenvalue weighted by atomic mass is 16.6. The molecule has 3 heteroatoms. The third kappa shape index (κ3) is 2.05. The summed E-state index contributed by atoms with van der Waals surface area (Å²) < 4.78 is 0. The van der Waals surface area contributed by atoms with E-state index in [0.29, 0.717) is 12.3 Å². The van der Waals surface area contributed by atoms with E-state index in [9.17, 15) is 5.11 Å². The van der Waals surface area contributed by atoms with Crippen LogP contribution in [0.5, 0.6) is 5.75 Å². The van der Waals surface area contributed by atoms with Crippen LogP contribution in [-0.4, -0.2) is 12.2 Å². The van der Waals surface area contributed by atoms with Crippen molar-refractivity contribution < 1.29 is 9.94 Å². The third-order valence-corrected chi connectivity index (χ3v) is 2.62. The summed E-state index contributed by atoms with van der Waals surface area (Å²) in [5, 5.41) is 9.58. The molecule has 0 radical (unpaired) electrons. The van der Waals surface area contributed by atoms with Gasteiger partial charge in [0.15, 0.2) is 0 Å². The maximum Gasteiger partial charge on any atom is 0.119 e. The second kappa shape index (κ2) is 4.44. The summed E-state index contributed by atoms with van der Waals surface area (Å²) in [6.45, 7) is 6.57. The van der Waals surface area contributed by atoms with E-state index in [1.165, 1.54) is 5.56 Å². The van der Waals surface area contributed by atoms with Crippen LogP contribution in [0.25, 0.3) is 0 Å².